The van der Waals surface area contributed by atoms with Crippen LogP contribution < -0.4 is 41.0 Å². The summed E-state index contributed by atoms with van der Waals surface area (Å²) in [7, 11) is 0.577. The van der Waals surface area contributed by atoms with E-state index >= 15 is 0 Å². The molecule has 0 spiro atoms. The van der Waals surface area contributed by atoms with Crippen molar-refractivity contribution >= 4 is 149 Å². The Morgan fingerprint density at radius 3 is 1.21 bits per heavy atom. The molecule has 0 bridgehead atoms. The molecule has 0 saturated heterocycles. The van der Waals surface area contributed by atoms with E-state index < -0.39 is 23.4 Å². The van der Waals surface area contributed by atoms with Crippen LogP contribution >= 0.6 is 12.4 Å². The van der Waals surface area contributed by atoms with E-state index in [1.807, 2.05) is 158 Å². The van der Waals surface area contributed by atoms with E-state index in [4.69, 9.17) is 26.4 Å². The second kappa shape index (κ2) is 34.6. The van der Waals surface area contributed by atoms with Crippen LogP contribution in [0.3, 0.4) is 0 Å². The van der Waals surface area contributed by atoms with Crippen LogP contribution in [0.1, 0.15) is 54.0 Å². The molecule has 5 heterocycles. The molecule has 0 fully saturated rings. The number of nitrogens with two attached hydrogens (primary N) is 2. The van der Waals surface area contributed by atoms with E-state index in [0.717, 1.165) is 86.8 Å². The van der Waals surface area contributed by atoms with Crippen molar-refractivity contribution in [2.75, 3.05) is 0 Å². The van der Waals surface area contributed by atoms with Gasteiger partial charge in [0.2, 0.25) is 0 Å². The molecule has 0 unspecified atom stereocenters. The number of rotatable bonds is 9. The first-order valence-electron chi connectivity index (χ1n) is 23.2. The van der Waals surface area contributed by atoms with Gasteiger partial charge in [-0.3, -0.25) is 14.6 Å². The number of aldehydes is 1. The van der Waals surface area contributed by atoms with Gasteiger partial charge in [-0.1, -0.05) is 121 Å². The van der Waals surface area contributed by atoms with Crippen molar-refractivity contribution in [2.24, 2.45) is 11.5 Å². The Hall–Kier alpha value is -6.07. The summed E-state index contributed by atoms with van der Waals surface area (Å²) in [6.07, 6.45) is 0.756. The van der Waals surface area contributed by atoms with Crippen molar-refractivity contribution in [3.63, 3.8) is 0 Å². The number of carbonyl (C=O) groups excluding carboxylic acids is 5. The van der Waals surface area contributed by atoms with Crippen molar-refractivity contribution in [3.05, 3.63) is 210 Å². The maximum absolute atomic E-state index is 10.4. The fourth-order valence-corrected chi connectivity index (χ4v) is 6.86. The molecule has 0 aliphatic carbocycles. The Morgan fingerprint density at radius 2 is 0.870 bits per heavy atom. The topological polar surface area (TPSA) is 248 Å². The number of benzene rings is 5. The Morgan fingerprint density at radius 1 is 0.532 bits per heavy atom. The summed E-state index contributed by atoms with van der Waals surface area (Å²) >= 11 is 2.89. The fourth-order valence-electron chi connectivity index (χ4n) is 6.86. The Bertz CT molecular complexity index is 3330. The summed E-state index contributed by atoms with van der Waals surface area (Å²) in [4.78, 5) is 87.6. The van der Waals surface area contributed by atoms with Crippen LogP contribution in [0.4, 0.5) is 0 Å². The van der Waals surface area contributed by atoms with Gasteiger partial charge in [-0.25, -0.2) is 44.1 Å². The fraction of sp³-hybridized carbons (Fsp3) is 0.0909. The summed E-state index contributed by atoms with van der Waals surface area (Å²) < 4.78 is 4.05. The second-order valence-electron chi connectivity index (χ2n) is 15.3. The maximum atomic E-state index is 10.4. The Labute approximate surface area is 501 Å². The van der Waals surface area contributed by atoms with Gasteiger partial charge in [-0.05, 0) is 67.1 Å². The number of halogens is 1. The molecular formula is C55H47BClN7Na3O10. The molecule has 375 valence electrons. The third-order valence-corrected chi connectivity index (χ3v) is 10.2. The predicted molar refractivity (Wildman–Crippen MR) is 294 cm³/mol. The molecule has 4 N–H and O–H groups in total. The van der Waals surface area contributed by atoms with E-state index in [1.165, 1.54) is 50.5 Å². The van der Waals surface area contributed by atoms with Crippen molar-refractivity contribution in [2.45, 2.75) is 32.9 Å². The Kier molecular flexibility index (Phi) is 29.3. The molecular weight excluding hydrogens is 1030 g/mol. The van der Waals surface area contributed by atoms with E-state index in [0.29, 0.717) is 37.0 Å². The van der Waals surface area contributed by atoms with Crippen molar-refractivity contribution < 1.29 is 77.7 Å². The molecule has 5 aromatic heterocycles. The van der Waals surface area contributed by atoms with Crippen LogP contribution in [-0.4, -0.2) is 107 Å². The van der Waals surface area contributed by atoms with E-state index in [9.17, 15) is 24.0 Å². The number of hydrogen-bond donors (Lipinski definition) is 2. The molecule has 22 heteroatoms. The minimum atomic E-state index is -1.11. The zero-order valence-corrected chi connectivity index (χ0v) is 49.9. The Balaban J connectivity index is 0.000000287. The molecule has 77 heavy (non-hydrogen) atoms. The number of para-hydroxylation sites is 5. The third kappa shape index (κ3) is 20.0. The second-order valence-corrected chi connectivity index (χ2v) is 15.3. The summed E-state index contributed by atoms with van der Waals surface area (Å²) in [6, 6.07) is 59.6. The first kappa shape index (κ1) is 65.2. The van der Waals surface area contributed by atoms with Gasteiger partial charge in [0.15, 0.2) is 6.29 Å². The number of hydrogen-bond acceptors (Lipinski definition) is 17. The first-order valence-corrected chi connectivity index (χ1v) is 31.2. The standard InChI is InChI=1S/C28H20N4.C10H10N2.C10H7NO.C4H6O4.C3H3BO5.ClH.3Na/c29-28(25-16-13-19-7-1-4-10-22(19)30-25,26-17-14-20-8-2-5-11-23(20)31-26)27-18-15-21-9-3-6-12-24(21)32-27;11-7-9-6-5-8-3-1-2-4-10(8)12-9;12-7-9-6-5-8-3-1-2-4-10(8)11-9;1-3(5)7-8-4(2)6;1-3(6)8-4-9-7-2-5;;;;/h1-18H,29H2;1-6H,7,11H2;1-7H;1-2H3;1H3;1H;;;/q;;;;-1;;;;+1. The average molecular weight is 1080 g/mol. The van der Waals surface area contributed by atoms with Gasteiger partial charge in [0.25, 0.3) is 5.97 Å². The molecule has 0 aliphatic rings. The number of carbonyl (C=O) groups is 4. The van der Waals surface area contributed by atoms with Gasteiger partial charge in [0, 0.05) is 54.2 Å². The van der Waals surface area contributed by atoms with Crippen molar-refractivity contribution in [3.8, 4) is 0 Å². The van der Waals surface area contributed by atoms with Crippen LogP contribution in [0.2, 0.25) is 0 Å². The van der Waals surface area contributed by atoms with Gasteiger partial charge in [0.05, 0.1) is 50.4 Å². The zero-order chi connectivity index (χ0) is 54.0. The van der Waals surface area contributed by atoms with Crippen LogP contribution in [0.25, 0.3) is 54.5 Å². The molecule has 0 saturated carbocycles. The van der Waals surface area contributed by atoms with Gasteiger partial charge >= 0.3 is 92.8 Å². The van der Waals surface area contributed by atoms with Crippen LogP contribution in [0.15, 0.2) is 182 Å². The number of nitrogens with zero attached hydrogens (tertiary/aromatic N) is 5. The van der Waals surface area contributed by atoms with Gasteiger partial charge in [0.1, 0.15) is 11.2 Å². The minimum absolute atomic E-state index is 0. The van der Waals surface area contributed by atoms with Crippen LogP contribution in [-0.2, 0) is 55.4 Å². The number of pyridine rings is 5. The predicted octanol–water partition coefficient (Wildman–Crippen LogP) is 5.11. The van der Waals surface area contributed by atoms with Crippen LogP contribution in [0, 0.1) is 0 Å². The summed E-state index contributed by atoms with van der Waals surface area (Å²) in [5.41, 5.74) is 19.7. The van der Waals surface area contributed by atoms with Gasteiger partial charge < -0.3 is 25.8 Å². The normalized spacial score (nSPS) is 9.94. The molecule has 1 radical (unpaired) electrons. The summed E-state index contributed by atoms with van der Waals surface area (Å²) in [5.74, 6) is -1.84. The monoisotopic (exact) mass is 1080 g/mol. The molecule has 10 aromatic rings. The van der Waals surface area contributed by atoms with E-state index in [-0.39, 0.29) is 42.0 Å². The van der Waals surface area contributed by atoms with Crippen LogP contribution in [0.5, 0.6) is 0 Å². The molecule has 0 atom stereocenters. The zero-order valence-electron chi connectivity index (χ0n) is 43.1. The first-order chi connectivity index (χ1) is 36.4. The SMILES string of the molecule is CC(=O)OOC(C)=O.CC(=O)O[B]OO[C-]=O.Cl.NC(c1ccc2ccccc2n1)(c1ccc2ccccc2n1)c1ccc2ccccc2n1.NCc1ccc2ccccc2n1.O=Cc1ccc2ccccc2n1.[Na+].[Na][Na]. The van der Waals surface area contributed by atoms with E-state index in [1.54, 1.807) is 6.07 Å². The quantitative estimate of drug-likeness (QED) is 0.0476. The van der Waals surface area contributed by atoms with Crippen molar-refractivity contribution in [1.29, 1.82) is 0 Å². The number of aromatic nitrogens is 5. The molecule has 10 rings (SSSR count). The average Bonchev–Trinajstić information content (AvgIpc) is 3.50. The molecule has 0 aliphatic heterocycles. The van der Waals surface area contributed by atoms with E-state index in [2.05, 4.69) is 52.3 Å². The van der Waals surface area contributed by atoms with Gasteiger partial charge in [-0.15, -0.1) is 12.4 Å². The third-order valence-electron chi connectivity index (χ3n) is 10.2. The summed E-state index contributed by atoms with van der Waals surface area (Å²) in [6.45, 7) is 4.91. The van der Waals surface area contributed by atoms with Crippen molar-refractivity contribution in [1.82, 2.24) is 24.9 Å². The molecule has 5 aromatic carbocycles. The summed E-state index contributed by atoms with van der Waals surface area (Å²) in [5, 5.41) is 5.42. The molecule has 0 amide bonds. The molecule has 17 nitrogen and oxygen atoms in total. The van der Waals surface area contributed by atoms with Gasteiger partial charge in [-0.2, -0.15) is 0 Å². The number of fused-ring (bicyclic) bond motifs is 5.